The Bertz CT molecular complexity index is 1270. The predicted octanol–water partition coefficient (Wildman–Crippen LogP) is 7.28. The Balaban J connectivity index is 0.000000199. The zero-order valence-corrected chi connectivity index (χ0v) is 27.1. The summed E-state index contributed by atoms with van der Waals surface area (Å²) in [6.07, 6.45) is 14.7. The van der Waals surface area contributed by atoms with Crippen molar-refractivity contribution in [2.24, 2.45) is 0 Å². The average molecular weight is 640 g/mol. The summed E-state index contributed by atoms with van der Waals surface area (Å²) >= 11 is 0. The fourth-order valence-electron chi connectivity index (χ4n) is 4.98. The molecule has 0 spiro atoms. The molecule has 2 aliphatic carbocycles. The first-order valence-corrected chi connectivity index (χ1v) is 16.7. The zero-order valence-electron chi connectivity index (χ0n) is 24.2. The molecule has 214 valence electrons. The summed E-state index contributed by atoms with van der Waals surface area (Å²) in [5, 5.41) is 5.40. The minimum Gasteiger partial charge on any atom is -0.462 e. The molecule has 0 aliphatic heterocycles. The number of rotatable bonds is 8. The van der Waals surface area contributed by atoms with Crippen LogP contribution in [0.1, 0.15) is 13.8 Å². The van der Waals surface area contributed by atoms with E-state index in [4.69, 9.17) is 4.74 Å². The van der Waals surface area contributed by atoms with Crippen LogP contribution in [0.15, 0.2) is 121 Å². The Morgan fingerprint density at radius 1 is 0.558 bits per heavy atom. The number of esters is 1. The largest absolute Gasteiger partial charge is 2.00 e. The summed E-state index contributed by atoms with van der Waals surface area (Å²) in [6.45, 7) is 3.39. The molecule has 0 saturated heterocycles. The number of benzene rings is 4. The maximum Gasteiger partial charge on any atom is 2.00 e. The van der Waals surface area contributed by atoms with E-state index >= 15 is 0 Å². The minimum absolute atomic E-state index is 0. The van der Waals surface area contributed by atoms with Crippen LogP contribution in [0.25, 0.3) is 0 Å². The molecule has 43 heavy (non-hydrogen) atoms. The molecule has 4 aromatic rings. The smallest absolute Gasteiger partial charge is 0.462 e. The number of ether oxygens (including phenoxy) is 1. The van der Waals surface area contributed by atoms with Crippen LogP contribution in [0.5, 0.6) is 0 Å². The first-order valence-electron chi connectivity index (χ1n) is 14.1. The van der Waals surface area contributed by atoms with E-state index < -0.39 is 15.8 Å². The fraction of sp³-hybridized carbons (Fsp3) is 0.0789. The number of carbonyl (C=O) groups excluding carboxylic acids is 1. The van der Waals surface area contributed by atoms with Gasteiger partial charge in [-0.15, -0.1) is 0 Å². The summed E-state index contributed by atoms with van der Waals surface area (Å²) < 4.78 is 5.43. The second kappa shape index (κ2) is 17.3. The third kappa shape index (κ3) is 9.12. The minimum atomic E-state index is -0.678. The average Bonchev–Trinajstić information content (AvgIpc) is 3.73. The first-order chi connectivity index (χ1) is 20.6. The fourth-order valence-corrected chi connectivity index (χ4v) is 9.83. The molecular weight excluding hydrogens is 606 g/mol. The quantitative estimate of drug-likeness (QED) is 0.115. The van der Waals surface area contributed by atoms with Gasteiger partial charge < -0.3 is 4.74 Å². The molecule has 6 rings (SSSR count). The molecule has 5 heteroatoms. The van der Waals surface area contributed by atoms with Gasteiger partial charge in [-0.25, -0.2) is 0 Å². The Labute approximate surface area is 272 Å². The van der Waals surface area contributed by atoms with E-state index in [1.54, 1.807) is 0 Å². The van der Waals surface area contributed by atoms with Gasteiger partial charge in [-0.05, 0) is 88.9 Å². The van der Waals surface area contributed by atoms with Crippen LogP contribution >= 0.6 is 15.8 Å². The van der Waals surface area contributed by atoms with E-state index in [2.05, 4.69) is 148 Å². The van der Waals surface area contributed by atoms with E-state index in [9.17, 15) is 4.79 Å². The molecule has 2 nitrogen and oxygen atoms in total. The molecule has 0 unspecified atom stereocenters. The summed E-state index contributed by atoms with van der Waals surface area (Å²) in [5.74, 6) is 0.836. The van der Waals surface area contributed by atoms with Gasteiger partial charge in [-0.3, -0.25) is 4.79 Å². The van der Waals surface area contributed by atoms with E-state index in [1.807, 2.05) is 25.5 Å². The van der Waals surface area contributed by atoms with Crippen LogP contribution in [-0.2, 0) is 26.6 Å². The normalized spacial score (nSPS) is 16.4. The van der Waals surface area contributed by atoms with Crippen molar-refractivity contribution in [2.75, 3.05) is 0 Å². The predicted molar refractivity (Wildman–Crippen MR) is 179 cm³/mol. The SMILES string of the molecule is CC(=O)O[C@@H](C)[C]1[CH][CH][CH][C]1P(c1ccccc1)c1ccccc1.[CH]1[CH][CH][C](P(c2ccccc2)c2ccccc2)[CH]1.[Fe+2]. The van der Waals surface area contributed by atoms with Gasteiger partial charge >= 0.3 is 23.0 Å². The molecule has 2 saturated carbocycles. The monoisotopic (exact) mass is 640 g/mol. The van der Waals surface area contributed by atoms with E-state index in [0.717, 1.165) is 5.92 Å². The van der Waals surface area contributed by atoms with Crippen molar-refractivity contribution in [3.63, 3.8) is 0 Å². The van der Waals surface area contributed by atoms with Gasteiger partial charge in [-0.2, -0.15) is 0 Å². The van der Waals surface area contributed by atoms with Crippen LogP contribution in [0, 0.1) is 62.2 Å². The van der Waals surface area contributed by atoms with E-state index in [1.165, 1.54) is 39.5 Å². The van der Waals surface area contributed by atoms with Crippen molar-refractivity contribution in [2.45, 2.75) is 20.0 Å². The first kappa shape index (κ1) is 33.6. The van der Waals surface area contributed by atoms with Gasteiger partial charge in [0.15, 0.2) is 0 Å². The Morgan fingerprint density at radius 3 is 1.35 bits per heavy atom. The molecule has 0 N–H and O–H groups in total. The van der Waals surface area contributed by atoms with Crippen LogP contribution in [0.3, 0.4) is 0 Å². The van der Waals surface area contributed by atoms with Crippen molar-refractivity contribution < 1.29 is 26.6 Å². The van der Waals surface area contributed by atoms with Gasteiger partial charge in [0.25, 0.3) is 0 Å². The second-order valence-electron chi connectivity index (χ2n) is 9.77. The maximum atomic E-state index is 11.4. The summed E-state index contributed by atoms with van der Waals surface area (Å²) in [7, 11) is -1.09. The van der Waals surface area contributed by atoms with Crippen molar-refractivity contribution in [3.8, 4) is 0 Å². The summed E-state index contributed by atoms with van der Waals surface area (Å²) in [5.41, 5.74) is 2.67. The van der Waals surface area contributed by atoms with Crippen LogP contribution in [0.4, 0.5) is 0 Å². The Hall–Kier alpha value is -2.27. The van der Waals surface area contributed by atoms with Gasteiger partial charge in [0.2, 0.25) is 0 Å². The third-order valence-electron chi connectivity index (χ3n) is 6.81. The molecular formula is C38H34FeO2P2+2. The van der Waals surface area contributed by atoms with Crippen molar-refractivity contribution in [3.05, 3.63) is 184 Å². The molecule has 10 radical (unpaired) electrons. The van der Waals surface area contributed by atoms with Gasteiger partial charge in [0.1, 0.15) is 6.10 Å². The molecule has 4 aromatic carbocycles. The molecule has 0 aromatic heterocycles. The summed E-state index contributed by atoms with van der Waals surface area (Å²) in [4.78, 5) is 11.4. The van der Waals surface area contributed by atoms with Gasteiger partial charge in [0.05, 0.1) is 0 Å². The zero-order chi connectivity index (χ0) is 29.1. The molecule has 0 amide bonds. The van der Waals surface area contributed by atoms with Gasteiger partial charge in [0, 0.05) is 24.2 Å². The molecule has 0 bridgehead atoms. The summed E-state index contributed by atoms with van der Waals surface area (Å²) in [6, 6.07) is 42.6. The van der Waals surface area contributed by atoms with Crippen molar-refractivity contribution in [1.29, 1.82) is 0 Å². The molecule has 2 aliphatic rings. The molecule has 0 heterocycles. The van der Waals surface area contributed by atoms with Gasteiger partial charge in [-0.1, -0.05) is 121 Å². The second-order valence-corrected chi connectivity index (χ2v) is 14.2. The maximum absolute atomic E-state index is 11.4. The van der Waals surface area contributed by atoms with Crippen LogP contribution in [-0.4, -0.2) is 12.1 Å². The van der Waals surface area contributed by atoms with Crippen molar-refractivity contribution in [1.82, 2.24) is 0 Å². The van der Waals surface area contributed by atoms with E-state index in [0.29, 0.717) is 0 Å². The number of hydrogen-bond donors (Lipinski definition) is 0. The standard InChI is InChI=1S/C21H20O2P.C17H14P.Fe/c1-16(23-17(2)22)20-14-9-15-21(20)24(18-10-5-3-6-11-18)19-12-7-4-8-13-19;1-3-9-15(10-4-1)18(17-13-7-8-14-17)16-11-5-2-6-12-16;/h3-16H,1-2H3;1-14H;/q;;+2/t16-;;/m0../s1. The van der Waals surface area contributed by atoms with Crippen LogP contribution in [0.2, 0.25) is 0 Å². The molecule has 1 atom stereocenters. The van der Waals surface area contributed by atoms with E-state index in [-0.39, 0.29) is 29.1 Å². The topological polar surface area (TPSA) is 26.3 Å². The number of carbonyl (C=O) groups is 1. The van der Waals surface area contributed by atoms with Crippen molar-refractivity contribution >= 4 is 43.0 Å². The van der Waals surface area contributed by atoms with Crippen LogP contribution < -0.4 is 21.2 Å². The number of hydrogen-bond acceptors (Lipinski definition) is 2. The Kier molecular flexibility index (Phi) is 13.5. The third-order valence-corrected chi connectivity index (χ3v) is 11.8. The Morgan fingerprint density at radius 2 is 0.953 bits per heavy atom. The molecule has 2 fully saturated rings.